The van der Waals surface area contributed by atoms with E-state index in [9.17, 15) is 0 Å². The van der Waals surface area contributed by atoms with Crippen LogP contribution in [-0.4, -0.2) is 19.3 Å². The van der Waals surface area contributed by atoms with E-state index < -0.39 is 0 Å². The first kappa shape index (κ1) is 13.3. The standard InChI is InChI=1S/C15H20BrNO2/c1-7-5-10-12(9(3)17-4)14-11(6-8(2)18-14)13(16)15(10)19-7/h7-9,17H,5-6H2,1-4H3. The first-order chi connectivity index (χ1) is 9.02. The van der Waals surface area contributed by atoms with Crippen molar-refractivity contribution in [2.75, 3.05) is 7.05 Å². The second-order valence-corrected chi connectivity index (χ2v) is 6.41. The summed E-state index contributed by atoms with van der Waals surface area (Å²) in [5.74, 6) is 2.10. The Hall–Kier alpha value is -0.740. The molecular weight excluding hydrogens is 306 g/mol. The van der Waals surface area contributed by atoms with Gasteiger partial charge in [0.05, 0.1) is 4.47 Å². The Bertz CT molecular complexity index is 490. The highest BCUT2D eigenvalue weighted by Crippen LogP contribution is 2.50. The summed E-state index contributed by atoms with van der Waals surface area (Å²) in [7, 11) is 1.99. The van der Waals surface area contributed by atoms with Gasteiger partial charge in [0.1, 0.15) is 23.7 Å². The minimum Gasteiger partial charge on any atom is -0.490 e. The lowest BCUT2D eigenvalue weighted by atomic mass is 9.94. The highest BCUT2D eigenvalue weighted by Gasteiger charge is 2.36. The highest BCUT2D eigenvalue weighted by molar-refractivity contribution is 9.10. The lowest BCUT2D eigenvalue weighted by molar-refractivity contribution is 0.250. The van der Waals surface area contributed by atoms with E-state index in [1.54, 1.807) is 0 Å². The minimum absolute atomic E-state index is 0.244. The number of halogens is 1. The Morgan fingerprint density at radius 3 is 2.32 bits per heavy atom. The molecule has 2 aliphatic rings. The van der Waals surface area contributed by atoms with Crippen molar-refractivity contribution in [2.24, 2.45) is 0 Å². The van der Waals surface area contributed by atoms with Gasteiger partial charge in [0, 0.05) is 35.6 Å². The smallest absolute Gasteiger partial charge is 0.138 e. The Kier molecular flexibility index (Phi) is 3.26. The van der Waals surface area contributed by atoms with Gasteiger partial charge in [-0.15, -0.1) is 0 Å². The van der Waals surface area contributed by atoms with Crippen molar-refractivity contribution in [3.8, 4) is 11.5 Å². The number of ether oxygens (including phenoxy) is 2. The quantitative estimate of drug-likeness (QED) is 0.904. The maximum atomic E-state index is 6.08. The Morgan fingerprint density at radius 2 is 1.68 bits per heavy atom. The van der Waals surface area contributed by atoms with Crippen molar-refractivity contribution in [1.82, 2.24) is 5.32 Å². The average molecular weight is 326 g/mol. The van der Waals surface area contributed by atoms with Crippen LogP contribution in [-0.2, 0) is 12.8 Å². The fourth-order valence-corrected chi connectivity index (χ4v) is 3.77. The molecule has 1 aromatic carbocycles. The summed E-state index contributed by atoms with van der Waals surface area (Å²) in [6.07, 6.45) is 2.40. The van der Waals surface area contributed by atoms with Crippen LogP contribution in [0.5, 0.6) is 11.5 Å². The average Bonchev–Trinajstić information content (AvgIpc) is 2.92. The Balaban J connectivity index is 2.23. The van der Waals surface area contributed by atoms with Crippen LogP contribution in [0.15, 0.2) is 4.47 Å². The summed E-state index contributed by atoms with van der Waals surface area (Å²) in [4.78, 5) is 0. The molecule has 0 bridgehead atoms. The van der Waals surface area contributed by atoms with Crippen molar-refractivity contribution in [2.45, 2.75) is 51.9 Å². The Labute approximate surface area is 122 Å². The zero-order chi connectivity index (χ0) is 13.7. The summed E-state index contributed by atoms with van der Waals surface area (Å²) < 4.78 is 13.2. The summed E-state index contributed by atoms with van der Waals surface area (Å²) in [6, 6.07) is 0.273. The van der Waals surface area contributed by atoms with Crippen LogP contribution in [0, 0.1) is 0 Å². The van der Waals surface area contributed by atoms with Gasteiger partial charge in [0.25, 0.3) is 0 Å². The van der Waals surface area contributed by atoms with Gasteiger partial charge in [-0.3, -0.25) is 0 Å². The van der Waals surface area contributed by atoms with Crippen molar-refractivity contribution in [3.05, 3.63) is 21.2 Å². The van der Waals surface area contributed by atoms with Crippen LogP contribution in [0.2, 0.25) is 0 Å². The lowest BCUT2D eigenvalue weighted by Gasteiger charge is -2.20. The molecule has 4 heteroatoms. The largest absolute Gasteiger partial charge is 0.490 e. The van der Waals surface area contributed by atoms with Crippen molar-refractivity contribution in [1.29, 1.82) is 0 Å². The van der Waals surface area contributed by atoms with Gasteiger partial charge in [0.2, 0.25) is 0 Å². The third-order valence-electron chi connectivity index (χ3n) is 4.07. The van der Waals surface area contributed by atoms with E-state index in [2.05, 4.69) is 42.0 Å². The van der Waals surface area contributed by atoms with Crippen LogP contribution in [0.4, 0.5) is 0 Å². The summed E-state index contributed by atoms with van der Waals surface area (Å²) in [5.41, 5.74) is 3.84. The van der Waals surface area contributed by atoms with Gasteiger partial charge in [-0.2, -0.15) is 0 Å². The van der Waals surface area contributed by atoms with Crippen LogP contribution in [0.3, 0.4) is 0 Å². The molecule has 0 aliphatic carbocycles. The second kappa shape index (κ2) is 4.67. The van der Waals surface area contributed by atoms with Gasteiger partial charge in [0.15, 0.2) is 0 Å². The molecule has 104 valence electrons. The molecule has 0 fully saturated rings. The minimum atomic E-state index is 0.244. The summed E-state index contributed by atoms with van der Waals surface area (Å²) in [5, 5.41) is 3.34. The predicted octanol–water partition coefficient (Wildman–Crippen LogP) is 3.38. The number of benzene rings is 1. The van der Waals surface area contributed by atoms with E-state index in [-0.39, 0.29) is 18.2 Å². The van der Waals surface area contributed by atoms with Crippen molar-refractivity contribution < 1.29 is 9.47 Å². The molecule has 0 radical (unpaired) electrons. The molecule has 1 N–H and O–H groups in total. The number of fused-ring (bicyclic) bond motifs is 2. The van der Waals surface area contributed by atoms with Crippen LogP contribution >= 0.6 is 15.9 Å². The van der Waals surface area contributed by atoms with E-state index in [4.69, 9.17) is 9.47 Å². The fraction of sp³-hybridized carbons (Fsp3) is 0.600. The Morgan fingerprint density at radius 1 is 1.11 bits per heavy atom. The number of rotatable bonds is 2. The van der Waals surface area contributed by atoms with Gasteiger partial charge < -0.3 is 14.8 Å². The van der Waals surface area contributed by atoms with Gasteiger partial charge in [-0.25, -0.2) is 0 Å². The molecule has 3 unspecified atom stereocenters. The maximum Gasteiger partial charge on any atom is 0.138 e. The zero-order valence-corrected chi connectivity index (χ0v) is 13.4. The molecule has 3 rings (SSSR count). The van der Waals surface area contributed by atoms with E-state index in [1.165, 1.54) is 16.7 Å². The van der Waals surface area contributed by atoms with E-state index in [0.717, 1.165) is 28.8 Å². The molecule has 3 nitrogen and oxygen atoms in total. The van der Waals surface area contributed by atoms with E-state index in [1.807, 2.05) is 7.05 Å². The number of hydrogen-bond acceptors (Lipinski definition) is 3. The number of hydrogen-bond donors (Lipinski definition) is 1. The molecule has 1 aromatic rings. The summed E-state index contributed by atoms with van der Waals surface area (Å²) >= 11 is 3.72. The molecular formula is C15H20BrNO2. The predicted molar refractivity (Wildman–Crippen MR) is 79.2 cm³/mol. The molecule has 0 aromatic heterocycles. The van der Waals surface area contributed by atoms with E-state index >= 15 is 0 Å². The first-order valence-corrected chi connectivity index (χ1v) is 7.69. The second-order valence-electron chi connectivity index (χ2n) is 5.62. The molecule has 2 heterocycles. The third kappa shape index (κ3) is 1.96. The van der Waals surface area contributed by atoms with E-state index in [0.29, 0.717) is 0 Å². The first-order valence-electron chi connectivity index (χ1n) is 6.90. The molecule has 0 saturated heterocycles. The van der Waals surface area contributed by atoms with Gasteiger partial charge >= 0.3 is 0 Å². The van der Waals surface area contributed by atoms with Crippen molar-refractivity contribution >= 4 is 15.9 Å². The third-order valence-corrected chi connectivity index (χ3v) is 4.91. The molecule has 2 aliphatic heterocycles. The topological polar surface area (TPSA) is 30.5 Å². The SMILES string of the molecule is CNC(C)c1c2c(c(Br)c3c1OC(C)C3)OC(C)C2. The monoisotopic (exact) mass is 325 g/mol. The van der Waals surface area contributed by atoms with Crippen LogP contribution in [0.1, 0.15) is 43.5 Å². The maximum absolute atomic E-state index is 6.08. The highest BCUT2D eigenvalue weighted by atomic mass is 79.9. The van der Waals surface area contributed by atoms with Crippen LogP contribution < -0.4 is 14.8 Å². The molecule has 0 spiro atoms. The normalized spacial score (nSPS) is 25.5. The number of nitrogens with one attached hydrogen (secondary N) is 1. The van der Waals surface area contributed by atoms with Gasteiger partial charge in [-0.05, 0) is 43.7 Å². The van der Waals surface area contributed by atoms with Crippen LogP contribution in [0.25, 0.3) is 0 Å². The molecule has 3 atom stereocenters. The van der Waals surface area contributed by atoms with Gasteiger partial charge in [-0.1, -0.05) is 0 Å². The molecule has 19 heavy (non-hydrogen) atoms. The fourth-order valence-electron chi connectivity index (χ4n) is 3.10. The lowest BCUT2D eigenvalue weighted by Crippen LogP contribution is -2.16. The molecule has 0 saturated carbocycles. The van der Waals surface area contributed by atoms with Crippen molar-refractivity contribution in [3.63, 3.8) is 0 Å². The molecule has 0 amide bonds. The zero-order valence-electron chi connectivity index (χ0n) is 11.8. The summed E-state index contributed by atoms with van der Waals surface area (Å²) in [6.45, 7) is 6.42.